The van der Waals surface area contributed by atoms with E-state index in [0.29, 0.717) is 12.5 Å². The van der Waals surface area contributed by atoms with Crippen LogP contribution in [0.3, 0.4) is 0 Å². The predicted molar refractivity (Wildman–Crippen MR) is 35.6 cm³/mol. The zero-order valence-electron chi connectivity index (χ0n) is 7.70. The average Bonchev–Trinajstić information content (AvgIpc) is 2.15. The minimum atomic E-state index is 0.331. The van der Waals surface area contributed by atoms with Crippen molar-refractivity contribution in [3.63, 3.8) is 0 Å². The molecular formula is C5H12O9. The summed E-state index contributed by atoms with van der Waals surface area (Å²) in [5, 5.41) is 32.2. The van der Waals surface area contributed by atoms with Crippen molar-refractivity contribution in [2.75, 3.05) is 6.61 Å². The molecule has 0 fully saturated rings. The van der Waals surface area contributed by atoms with Crippen LogP contribution in [0.4, 0.5) is 0 Å². The Kier molecular flexibility index (Phi) is 10.4. The van der Waals surface area contributed by atoms with E-state index in [1.165, 1.54) is 0 Å². The van der Waals surface area contributed by atoms with Crippen molar-refractivity contribution in [2.45, 2.75) is 20.3 Å². The fourth-order valence-electron chi connectivity index (χ4n) is 0.395. The summed E-state index contributed by atoms with van der Waals surface area (Å²) in [4.78, 5) is 4.45. The van der Waals surface area contributed by atoms with Crippen molar-refractivity contribution in [1.29, 1.82) is 0 Å². The molecule has 0 aliphatic rings. The maximum atomic E-state index is 7.51. The van der Waals surface area contributed by atoms with Crippen molar-refractivity contribution in [1.82, 2.24) is 0 Å². The lowest BCUT2D eigenvalue weighted by Crippen LogP contribution is -2.03. The van der Waals surface area contributed by atoms with Crippen molar-refractivity contribution < 1.29 is 45.4 Å². The van der Waals surface area contributed by atoms with Crippen LogP contribution in [0.25, 0.3) is 0 Å². The molecular weight excluding hydrogens is 204 g/mol. The van der Waals surface area contributed by atoms with Gasteiger partial charge in [-0.1, -0.05) is 13.8 Å². The summed E-state index contributed by atoms with van der Waals surface area (Å²) in [5.74, 6) is 0.481. The predicted octanol–water partition coefficient (Wildman–Crippen LogP) is 1.04. The first-order valence-electron chi connectivity index (χ1n) is 3.70. The minimum absolute atomic E-state index is 0.331. The summed E-state index contributed by atoms with van der Waals surface area (Å²) < 4.78 is 0. The lowest BCUT2D eigenvalue weighted by molar-refractivity contribution is -0.830. The highest BCUT2D eigenvalue weighted by atomic mass is 17.9. The monoisotopic (exact) mass is 216 g/mol. The molecule has 0 aromatic rings. The first-order chi connectivity index (χ1) is 6.77. The van der Waals surface area contributed by atoms with Crippen molar-refractivity contribution in [3.8, 4) is 0 Å². The molecule has 0 rings (SSSR count). The Hall–Kier alpha value is -0.360. The van der Waals surface area contributed by atoms with Crippen LogP contribution >= 0.6 is 0 Å². The second-order valence-corrected chi connectivity index (χ2v) is 2.49. The third-order valence-electron chi connectivity index (χ3n) is 0.996. The van der Waals surface area contributed by atoms with E-state index < -0.39 is 0 Å². The van der Waals surface area contributed by atoms with Gasteiger partial charge >= 0.3 is 0 Å². The summed E-state index contributed by atoms with van der Waals surface area (Å²) in [6, 6.07) is 0. The highest BCUT2D eigenvalue weighted by Crippen LogP contribution is 1.99. The van der Waals surface area contributed by atoms with Crippen LogP contribution in [0.15, 0.2) is 0 Å². The van der Waals surface area contributed by atoms with Gasteiger partial charge in [0.1, 0.15) is 0 Å². The van der Waals surface area contributed by atoms with Crippen LogP contribution in [-0.4, -0.2) is 11.9 Å². The lowest BCUT2D eigenvalue weighted by atomic mass is 10.1. The highest BCUT2D eigenvalue weighted by molar-refractivity contribution is 4.39. The molecule has 0 bridgehead atoms. The highest BCUT2D eigenvalue weighted by Gasteiger charge is 1.97. The van der Waals surface area contributed by atoms with Gasteiger partial charge in [0.05, 0.1) is 6.61 Å². The van der Waals surface area contributed by atoms with Crippen LogP contribution in [0.1, 0.15) is 20.3 Å². The minimum Gasteiger partial charge on any atom is -0.219 e. The van der Waals surface area contributed by atoms with Crippen LogP contribution in [-0.2, 0) is 40.2 Å². The molecule has 0 aromatic carbocycles. The Labute approximate surface area is 79.3 Å². The molecule has 0 amide bonds. The van der Waals surface area contributed by atoms with Gasteiger partial charge in [0, 0.05) is 0 Å². The molecule has 0 spiro atoms. The van der Waals surface area contributed by atoms with Crippen LogP contribution in [0.2, 0.25) is 0 Å². The molecule has 9 heteroatoms. The van der Waals surface area contributed by atoms with Crippen molar-refractivity contribution >= 4 is 0 Å². The maximum absolute atomic E-state index is 7.51. The van der Waals surface area contributed by atoms with Gasteiger partial charge in [0.25, 0.3) is 0 Å². The topological polar surface area (TPSA) is 94.1 Å². The normalized spacial score (nSPS) is 11.1. The van der Waals surface area contributed by atoms with Crippen LogP contribution in [0, 0.1) is 5.92 Å². The van der Waals surface area contributed by atoms with Gasteiger partial charge in [0.15, 0.2) is 0 Å². The van der Waals surface area contributed by atoms with Crippen LogP contribution < -0.4 is 0 Å². The summed E-state index contributed by atoms with van der Waals surface area (Å²) in [6.07, 6.45) is 0.794. The molecule has 1 N–H and O–H groups in total. The quantitative estimate of drug-likeness (QED) is 0.326. The maximum Gasteiger partial charge on any atom is 0.0857 e. The number of hydrogen-bond donors (Lipinski definition) is 1. The third kappa shape index (κ3) is 11.6. The number of hydrogen-bond acceptors (Lipinski definition) is 9. The Morgan fingerprint density at radius 2 is 1.50 bits per heavy atom. The lowest BCUT2D eigenvalue weighted by Gasteiger charge is -2.02. The molecule has 14 heavy (non-hydrogen) atoms. The first-order valence-corrected chi connectivity index (χ1v) is 3.70. The van der Waals surface area contributed by atoms with E-state index in [2.05, 4.69) is 40.2 Å². The Bertz CT molecular complexity index is 107. The molecule has 0 radical (unpaired) electrons. The molecule has 0 unspecified atom stereocenters. The van der Waals surface area contributed by atoms with E-state index in [0.717, 1.165) is 6.42 Å². The smallest absolute Gasteiger partial charge is 0.0857 e. The summed E-state index contributed by atoms with van der Waals surface area (Å²) in [6.45, 7) is 4.37. The van der Waals surface area contributed by atoms with Gasteiger partial charge in [-0.3, -0.25) is 0 Å². The zero-order valence-corrected chi connectivity index (χ0v) is 7.70. The zero-order chi connectivity index (χ0) is 10.6. The summed E-state index contributed by atoms with van der Waals surface area (Å²) in [5.41, 5.74) is 0. The Morgan fingerprint density at radius 1 is 0.929 bits per heavy atom. The standard InChI is InChI=1S/C5H12O9/c1-5(2)3-4-7-9-11-13-14-12-10-8-6/h5-6H,3-4H2,1-2H3. The van der Waals surface area contributed by atoms with Crippen LogP contribution in [0.5, 0.6) is 0 Å². The molecule has 0 aliphatic heterocycles. The number of rotatable bonds is 10. The molecule has 86 valence electrons. The largest absolute Gasteiger partial charge is 0.219 e. The van der Waals surface area contributed by atoms with Crippen molar-refractivity contribution in [2.24, 2.45) is 5.92 Å². The van der Waals surface area contributed by atoms with E-state index in [1.54, 1.807) is 0 Å². The van der Waals surface area contributed by atoms with E-state index >= 15 is 0 Å². The van der Waals surface area contributed by atoms with E-state index in [-0.39, 0.29) is 0 Å². The Morgan fingerprint density at radius 3 is 2.07 bits per heavy atom. The molecule has 0 aromatic heterocycles. The van der Waals surface area contributed by atoms with Gasteiger partial charge in [0.2, 0.25) is 0 Å². The first kappa shape index (κ1) is 13.6. The fourth-order valence-corrected chi connectivity index (χ4v) is 0.395. The molecule has 0 saturated carbocycles. The second-order valence-electron chi connectivity index (χ2n) is 2.49. The van der Waals surface area contributed by atoms with Crippen molar-refractivity contribution in [3.05, 3.63) is 0 Å². The SMILES string of the molecule is CC(C)CCOOOOOOOOO. The molecule has 0 aliphatic carbocycles. The molecule has 0 saturated heterocycles. The average molecular weight is 216 g/mol. The van der Waals surface area contributed by atoms with Gasteiger partial charge in [-0.2, -0.15) is 0 Å². The van der Waals surface area contributed by atoms with E-state index in [1.807, 2.05) is 13.8 Å². The van der Waals surface area contributed by atoms with Gasteiger partial charge in [-0.15, -0.1) is 0 Å². The molecule has 9 nitrogen and oxygen atoms in total. The molecule has 0 heterocycles. The van der Waals surface area contributed by atoms with Gasteiger partial charge < -0.3 is 0 Å². The summed E-state index contributed by atoms with van der Waals surface area (Å²) in [7, 11) is 0. The van der Waals surface area contributed by atoms with Gasteiger partial charge in [-0.05, 0) is 47.6 Å². The van der Waals surface area contributed by atoms with E-state index in [4.69, 9.17) is 5.26 Å². The third-order valence-corrected chi connectivity index (χ3v) is 0.996. The fraction of sp³-hybridized carbons (Fsp3) is 1.00. The summed E-state index contributed by atoms with van der Waals surface area (Å²) >= 11 is 0. The second kappa shape index (κ2) is 10.7. The Balaban J connectivity index is 2.85. The molecule has 0 atom stereocenters. The van der Waals surface area contributed by atoms with Gasteiger partial charge in [-0.25, -0.2) is 10.1 Å². The van der Waals surface area contributed by atoms with E-state index in [9.17, 15) is 0 Å².